The zero-order valence-corrected chi connectivity index (χ0v) is 14.5. The van der Waals surface area contributed by atoms with Gasteiger partial charge in [0.05, 0.1) is 23.2 Å². The number of carboxylic acid groups (broad SMARTS) is 2. The van der Waals surface area contributed by atoms with E-state index in [9.17, 15) is 24.9 Å². The van der Waals surface area contributed by atoms with Crippen molar-refractivity contribution < 1.29 is 24.9 Å². The number of aliphatic hydroxyl groups is 1. The zero-order chi connectivity index (χ0) is 18.0. The molecule has 0 aromatic carbocycles. The largest absolute Gasteiger partial charge is 0.481 e. The van der Waals surface area contributed by atoms with Crippen molar-refractivity contribution in [1.29, 1.82) is 5.41 Å². The topological polar surface area (TPSA) is 134 Å². The molecule has 2 heterocycles. The van der Waals surface area contributed by atoms with Crippen molar-refractivity contribution in [2.75, 3.05) is 13.1 Å². The molecule has 1 fully saturated rings. The van der Waals surface area contributed by atoms with E-state index in [4.69, 9.17) is 5.41 Å². The Morgan fingerprint density at radius 2 is 2.08 bits per heavy atom. The lowest BCUT2D eigenvalue weighted by molar-refractivity contribution is -0.146. The molecule has 2 aliphatic rings. The number of aliphatic hydroxyl groups excluding tert-OH is 1. The van der Waals surface area contributed by atoms with Crippen LogP contribution in [0, 0.1) is 11.3 Å². The first-order chi connectivity index (χ1) is 11.2. The van der Waals surface area contributed by atoms with Crippen molar-refractivity contribution in [2.24, 2.45) is 10.9 Å². The third-order valence-corrected chi connectivity index (χ3v) is 5.99. The predicted octanol–water partition coefficient (Wildman–Crippen LogP) is 0.539. The van der Waals surface area contributed by atoms with Gasteiger partial charge in [-0.3, -0.25) is 15.2 Å². The number of hydrogen-bond acceptors (Lipinski definition) is 6. The van der Waals surface area contributed by atoms with E-state index in [2.05, 4.69) is 4.99 Å². The summed E-state index contributed by atoms with van der Waals surface area (Å²) in [6.07, 6.45) is 0.0553. The molecule has 2 rings (SSSR count). The second-order valence-electron chi connectivity index (χ2n) is 6.29. The minimum Gasteiger partial charge on any atom is -0.481 e. The quantitative estimate of drug-likeness (QED) is 0.402. The average molecular weight is 357 g/mol. The maximum atomic E-state index is 11.5. The van der Waals surface area contributed by atoms with Gasteiger partial charge >= 0.3 is 11.9 Å². The van der Waals surface area contributed by atoms with Gasteiger partial charge in [0.15, 0.2) is 0 Å². The fraction of sp³-hybridized carbons (Fsp3) is 0.733. The lowest BCUT2D eigenvalue weighted by Gasteiger charge is -2.21. The summed E-state index contributed by atoms with van der Waals surface area (Å²) in [7, 11) is 0. The molecule has 0 spiro atoms. The smallest absolute Gasteiger partial charge is 0.350 e. The van der Waals surface area contributed by atoms with Crippen LogP contribution in [-0.4, -0.2) is 79.4 Å². The number of nitrogens with zero attached hydrogens (tertiary/aromatic N) is 2. The maximum absolute atomic E-state index is 11.5. The van der Waals surface area contributed by atoms with Gasteiger partial charge in [-0.1, -0.05) is 0 Å². The molecule has 9 heteroatoms. The van der Waals surface area contributed by atoms with Crippen LogP contribution in [0.4, 0.5) is 0 Å². The van der Waals surface area contributed by atoms with E-state index >= 15 is 0 Å². The fourth-order valence-corrected chi connectivity index (χ4v) is 4.82. The number of carbonyl (C=O) groups is 2. The Balaban J connectivity index is 2.08. The van der Waals surface area contributed by atoms with Gasteiger partial charge in [0.1, 0.15) is 11.6 Å². The number of hydrogen-bond donors (Lipinski definition) is 4. The zero-order valence-electron chi connectivity index (χ0n) is 13.7. The third kappa shape index (κ3) is 4.07. The van der Waals surface area contributed by atoms with Crippen LogP contribution in [0.2, 0.25) is 0 Å². The molecule has 24 heavy (non-hydrogen) atoms. The lowest BCUT2D eigenvalue weighted by Crippen LogP contribution is -2.35. The minimum absolute atomic E-state index is 0.0121. The summed E-state index contributed by atoms with van der Waals surface area (Å²) >= 11 is 1.49. The Morgan fingerprint density at radius 1 is 1.42 bits per heavy atom. The highest BCUT2D eigenvalue weighted by Crippen LogP contribution is 2.36. The van der Waals surface area contributed by atoms with Gasteiger partial charge in [-0.05, 0) is 26.7 Å². The molecule has 0 aromatic rings. The highest BCUT2D eigenvalue weighted by Gasteiger charge is 2.42. The van der Waals surface area contributed by atoms with E-state index in [0.717, 1.165) is 13.0 Å². The summed E-state index contributed by atoms with van der Waals surface area (Å²) in [6.45, 7) is 4.57. The lowest BCUT2D eigenvalue weighted by atomic mass is 9.93. The number of carboxylic acids is 2. The number of thioether (sulfide) groups is 1. The first-order valence-electron chi connectivity index (χ1n) is 7.88. The molecule has 0 amide bonds. The standard InChI is InChI=1S/C15H23N3O5S/c1-7(19)12(14(20)21)10-5-11(13(17-10)15(22)23)24-9-3-4-18(6-9)8(2)16/h7,9-12,16,19H,3-6H2,1-2H3,(H,20,21)(H,22,23)/t7-,9+,10-,11?,12-/m1/s1. The van der Waals surface area contributed by atoms with E-state index in [1.165, 1.54) is 18.7 Å². The Kier molecular flexibility index (Phi) is 5.87. The van der Waals surface area contributed by atoms with Crippen LogP contribution in [0.3, 0.4) is 0 Å². The first-order valence-corrected chi connectivity index (χ1v) is 8.82. The van der Waals surface area contributed by atoms with Crippen LogP contribution in [0.5, 0.6) is 0 Å². The van der Waals surface area contributed by atoms with Gasteiger partial charge in [0.2, 0.25) is 0 Å². The minimum atomic E-state index is -1.17. The van der Waals surface area contributed by atoms with Crippen molar-refractivity contribution in [1.82, 2.24) is 4.90 Å². The summed E-state index contributed by atoms with van der Waals surface area (Å²) in [4.78, 5) is 28.9. The van der Waals surface area contributed by atoms with Gasteiger partial charge in [0, 0.05) is 18.3 Å². The van der Waals surface area contributed by atoms with Crippen molar-refractivity contribution in [3.8, 4) is 0 Å². The van der Waals surface area contributed by atoms with E-state index in [-0.39, 0.29) is 16.2 Å². The van der Waals surface area contributed by atoms with Crippen LogP contribution in [0.15, 0.2) is 4.99 Å². The SMILES string of the molecule is CC(=N)N1CC[C@H](SC2C[C@H]([C@H](C(=O)O)[C@@H](C)O)N=C2C(=O)O)C1. The summed E-state index contributed by atoms with van der Waals surface area (Å²) in [6, 6.07) is -0.729. The number of likely N-dealkylation sites (tertiary alicyclic amines) is 1. The van der Waals surface area contributed by atoms with E-state index < -0.39 is 30.0 Å². The van der Waals surface area contributed by atoms with Crippen LogP contribution < -0.4 is 0 Å². The average Bonchev–Trinajstić information content (AvgIpc) is 3.06. The summed E-state index contributed by atoms with van der Waals surface area (Å²) in [5.41, 5.74) is -0.0121. The number of amidine groups is 1. The predicted molar refractivity (Wildman–Crippen MR) is 91.0 cm³/mol. The molecule has 0 saturated carbocycles. The number of aliphatic carboxylic acids is 2. The van der Waals surface area contributed by atoms with Gasteiger partial charge < -0.3 is 20.2 Å². The Hall–Kier alpha value is -1.61. The van der Waals surface area contributed by atoms with Gasteiger partial charge in [-0.2, -0.15) is 0 Å². The Morgan fingerprint density at radius 3 is 2.54 bits per heavy atom. The number of aliphatic imine (C=N–C) groups is 1. The van der Waals surface area contributed by atoms with Crippen LogP contribution in [0.1, 0.15) is 26.7 Å². The Bertz CT molecular complexity index is 565. The Labute approximate surface area is 144 Å². The third-order valence-electron chi connectivity index (χ3n) is 4.48. The van der Waals surface area contributed by atoms with E-state index in [1.54, 1.807) is 6.92 Å². The normalized spacial score (nSPS) is 29.2. The molecular formula is C15H23N3O5S. The van der Waals surface area contributed by atoms with Crippen LogP contribution >= 0.6 is 11.8 Å². The molecule has 2 aliphatic heterocycles. The van der Waals surface area contributed by atoms with Gasteiger partial charge in [-0.15, -0.1) is 11.8 Å². The van der Waals surface area contributed by atoms with Crippen molar-refractivity contribution in [2.45, 2.75) is 49.3 Å². The van der Waals surface area contributed by atoms with Crippen molar-refractivity contribution in [3.05, 3.63) is 0 Å². The molecule has 5 atom stereocenters. The highest BCUT2D eigenvalue weighted by atomic mass is 32.2. The summed E-state index contributed by atoms with van der Waals surface area (Å²) in [5.74, 6) is -2.91. The maximum Gasteiger partial charge on any atom is 0.350 e. The molecule has 0 bridgehead atoms. The highest BCUT2D eigenvalue weighted by molar-refractivity contribution is 8.01. The fourth-order valence-electron chi connectivity index (χ4n) is 3.25. The molecular weight excluding hydrogens is 334 g/mol. The molecule has 0 aromatic heterocycles. The monoisotopic (exact) mass is 357 g/mol. The van der Waals surface area contributed by atoms with Gasteiger partial charge in [0.25, 0.3) is 0 Å². The summed E-state index contributed by atoms with van der Waals surface area (Å²) < 4.78 is 0. The second-order valence-corrected chi connectivity index (χ2v) is 7.80. The molecule has 134 valence electrons. The molecule has 8 nitrogen and oxygen atoms in total. The first kappa shape index (κ1) is 18.7. The molecule has 0 radical (unpaired) electrons. The van der Waals surface area contributed by atoms with Crippen LogP contribution in [0.25, 0.3) is 0 Å². The van der Waals surface area contributed by atoms with Crippen molar-refractivity contribution >= 4 is 35.2 Å². The molecule has 1 unspecified atom stereocenters. The molecule has 4 N–H and O–H groups in total. The van der Waals surface area contributed by atoms with Crippen LogP contribution in [-0.2, 0) is 9.59 Å². The number of rotatable bonds is 6. The molecule has 0 aliphatic carbocycles. The number of nitrogens with one attached hydrogen (secondary N) is 1. The van der Waals surface area contributed by atoms with E-state index in [0.29, 0.717) is 18.8 Å². The molecule has 1 saturated heterocycles. The summed E-state index contributed by atoms with van der Waals surface area (Å²) in [5, 5.41) is 35.8. The second kappa shape index (κ2) is 7.52. The van der Waals surface area contributed by atoms with Crippen molar-refractivity contribution in [3.63, 3.8) is 0 Å². The van der Waals surface area contributed by atoms with E-state index in [1.807, 2.05) is 4.90 Å². The van der Waals surface area contributed by atoms with Gasteiger partial charge in [-0.25, -0.2) is 4.79 Å².